The summed E-state index contributed by atoms with van der Waals surface area (Å²) in [6.07, 6.45) is 1.86. The first-order valence-corrected chi connectivity index (χ1v) is 8.09. The van der Waals surface area contributed by atoms with Crippen molar-refractivity contribution in [3.8, 4) is 0 Å². The van der Waals surface area contributed by atoms with Gasteiger partial charge >= 0.3 is 5.97 Å². The SMILES string of the molecule is CCC(CC)CS(=O)(=O)N[C@H](CC(C)C)C(=O)O. The molecule has 0 heterocycles. The Balaban J connectivity index is 4.65. The lowest BCUT2D eigenvalue weighted by Gasteiger charge is -2.19. The summed E-state index contributed by atoms with van der Waals surface area (Å²) >= 11 is 0. The van der Waals surface area contributed by atoms with Crippen molar-refractivity contribution in [2.45, 2.75) is 53.0 Å². The molecule has 1 atom stereocenters. The molecule has 0 aliphatic rings. The molecular weight excluding hydrogens is 254 g/mol. The van der Waals surface area contributed by atoms with E-state index in [0.29, 0.717) is 6.42 Å². The van der Waals surface area contributed by atoms with Crippen molar-refractivity contribution >= 4 is 16.0 Å². The van der Waals surface area contributed by atoms with Crippen LogP contribution in [0.25, 0.3) is 0 Å². The normalized spacial score (nSPS) is 14.1. The van der Waals surface area contributed by atoms with E-state index >= 15 is 0 Å². The minimum Gasteiger partial charge on any atom is -0.480 e. The van der Waals surface area contributed by atoms with Gasteiger partial charge in [-0.25, -0.2) is 13.1 Å². The summed E-state index contributed by atoms with van der Waals surface area (Å²) in [5, 5.41) is 9.01. The number of carboxylic acids is 1. The fourth-order valence-corrected chi connectivity index (χ4v) is 3.59. The number of hydrogen-bond acceptors (Lipinski definition) is 3. The van der Waals surface area contributed by atoms with Crippen molar-refractivity contribution in [2.75, 3.05) is 5.75 Å². The molecule has 0 saturated heterocycles. The molecule has 0 spiro atoms. The van der Waals surface area contributed by atoms with Crippen LogP contribution in [-0.2, 0) is 14.8 Å². The summed E-state index contributed by atoms with van der Waals surface area (Å²) < 4.78 is 26.1. The monoisotopic (exact) mass is 279 g/mol. The van der Waals surface area contributed by atoms with Gasteiger partial charge in [0.05, 0.1) is 5.75 Å². The molecule has 0 saturated carbocycles. The third kappa shape index (κ3) is 6.96. The number of aliphatic carboxylic acids is 1. The van der Waals surface area contributed by atoms with Crippen LogP contribution in [0.15, 0.2) is 0 Å². The molecule has 0 radical (unpaired) electrons. The van der Waals surface area contributed by atoms with Crippen LogP contribution < -0.4 is 4.72 Å². The van der Waals surface area contributed by atoms with Gasteiger partial charge in [0.2, 0.25) is 10.0 Å². The van der Waals surface area contributed by atoms with Gasteiger partial charge in [0.15, 0.2) is 0 Å². The Kier molecular flexibility index (Phi) is 7.47. The summed E-state index contributed by atoms with van der Waals surface area (Å²) in [7, 11) is -3.53. The van der Waals surface area contributed by atoms with Crippen molar-refractivity contribution in [1.29, 1.82) is 0 Å². The largest absolute Gasteiger partial charge is 0.480 e. The van der Waals surface area contributed by atoms with E-state index in [1.165, 1.54) is 0 Å². The number of carbonyl (C=O) groups is 1. The molecule has 0 aromatic heterocycles. The van der Waals surface area contributed by atoms with Crippen LogP contribution in [0.2, 0.25) is 0 Å². The highest BCUT2D eigenvalue weighted by atomic mass is 32.2. The third-order valence-electron chi connectivity index (χ3n) is 2.94. The zero-order valence-electron chi connectivity index (χ0n) is 11.6. The Morgan fingerprint density at radius 3 is 2.06 bits per heavy atom. The maximum Gasteiger partial charge on any atom is 0.321 e. The molecule has 0 bridgehead atoms. The van der Waals surface area contributed by atoms with E-state index in [2.05, 4.69) is 4.72 Å². The summed E-state index contributed by atoms with van der Waals surface area (Å²) in [6, 6.07) is -1.02. The topological polar surface area (TPSA) is 83.5 Å². The van der Waals surface area contributed by atoms with Crippen molar-refractivity contribution in [3.63, 3.8) is 0 Å². The maximum absolute atomic E-state index is 11.9. The Morgan fingerprint density at radius 1 is 1.22 bits per heavy atom. The van der Waals surface area contributed by atoms with E-state index < -0.39 is 22.0 Å². The predicted octanol–water partition coefficient (Wildman–Crippen LogP) is 1.84. The van der Waals surface area contributed by atoms with E-state index in [1.54, 1.807) is 0 Å². The Morgan fingerprint density at radius 2 is 1.72 bits per heavy atom. The number of sulfonamides is 1. The molecule has 108 valence electrons. The van der Waals surface area contributed by atoms with E-state index in [4.69, 9.17) is 5.11 Å². The first-order valence-electron chi connectivity index (χ1n) is 6.44. The molecule has 0 aliphatic carbocycles. The number of carboxylic acid groups (broad SMARTS) is 1. The summed E-state index contributed by atoms with van der Waals surface area (Å²) in [6.45, 7) is 7.61. The van der Waals surface area contributed by atoms with E-state index in [0.717, 1.165) is 12.8 Å². The number of rotatable bonds is 9. The van der Waals surface area contributed by atoms with Crippen LogP contribution in [0, 0.1) is 11.8 Å². The summed E-state index contributed by atoms with van der Waals surface area (Å²) in [4.78, 5) is 11.0. The van der Waals surface area contributed by atoms with Gasteiger partial charge in [-0.15, -0.1) is 0 Å². The van der Waals surface area contributed by atoms with Crippen LogP contribution in [0.5, 0.6) is 0 Å². The minimum atomic E-state index is -3.53. The maximum atomic E-state index is 11.9. The summed E-state index contributed by atoms with van der Waals surface area (Å²) in [5.41, 5.74) is 0. The predicted molar refractivity (Wildman–Crippen MR) is 71.9 cm³/mol. The fraction of sp³-hybridized carbons (Fsp3) is 0.917. The Bertz CT molecular complexity index is 347. The van der Waals surface area contributed by atoms with Gasteiger partial charge in [0, 0.05) is 0 Å². The Labute approximate surface area is 110 Å². The van der Waals surface area contributed by atoms with Crippen LogP contribution >= 0.6 is 0 Å². The smallest absolute Gasteiger partial charge is 0.321 e. The molecule has 6 heteroatoms. The van der Waals surface area contributed by atoms with E-state index in [1.807, 2.05) is 27.7 Å². The van der Waals surface area contributed by atoms with Gasteiger partial charge < -0.3 is 5.11 Å². The van der Waals surface area contributed by atoms with Crippen LogP contribution in [0.3, 0.4) is 0 Å². The molecule has 0 aromatic rings. The van der Waals surface area contributed by atoms with Gasteiger partial charge in [-0.05, 0) is 18.3 Å². The molecule has 0 aliphatic heterocycles. The van der Waals surface area contributed by atoms with Gasteiger partial charge in [0.1, 0.15) is 6.04 Å². The quantitative estimate of drug-likeness (QED) is 0.674. The van der Waals surface area contributed by atoms with Crippen molar-refractivity contribution in [2.24, 2.45) is 11.8 Å². The lowest BCUT2D eigenvalue weighted by Crippen LogP contribution is -2.43. The first-order chi connectivity index (χ1) is 8.21. The minimum absolute atomic E-state index is 0.00186. The highest BCUT2D eigenvalue weighted by molar-refractivity contribution is 7.89. The van der Waals surface area contributed by atoms with Crippen molar-refractivity contribution in [1.82, 2.24) is 4.72 Å². The second kappa shape index (κ2) is 7.74. The van der Waals surface area contributed by atoms with E-state index in [-0.39, 0.29) is 17.6 Å². The zero-order valence-corrected chi connectivity index (χ0v) is 12.5. The molecular formula is C12H25NO4S. The number of hydrogen-bond donors (Lipinski definition) is 2. The molecule has 18 heavy (non-hydrogen) atoms. The molecule has 0 unspecified atom stereocenters. The molecule has 2 N–H and O–H groups in total. The summed E-state index contributed by atoms with van der Waals surface area (Å²) in [5.74, 6) is -0.906. The van der Waals surface area contributed by atoms with Crippen LogP contribution in [-0.4, -0.2) is 31.3 Å². The molecule has 0 aromatic carbocycles. The first kappa shape index (κ1) is 17.4. The van der Waals surface area contributed by atoms with E-state index in [9.17, 15) is 13.2 Å². The highest BCUT2D eigenvalue weighted by Gasteiger charge is 2.26. The third-order valence-corrected chi connectivity index (χ3v) is 4.49. The lowest BCUT2D eigenvalue weighted by atomic mass is 10.1. The fourth-order valence-electron chi connectivity index (χ4n) is 1.77. The van der Waals surface area contributed by atoms with Crippen molar-refractivity contribution in [3.05, 3.63) is 0 Å². The standard InChI is InChI=1S/C12H25NO4S/c1-5-10(6-2)8-18(16,17)13-11(12(14)15)7-9(3)4/h9-11,13H,5-8H2,1-4H3,(H,14,15)/t11-/m1/s1. The van der Waals surface area contributed by atoms with Crippen molar-refractivity contribution < 1.29 is 18.3 Å². The second-order valence-electron chi connectivity index (χ2n) is 5.10. The van der Waals surface area contributed by atoms with Crippen LogP contribution in [0.4, 0.5) is 0 Å². The average Bonchev–Trinajstić information content (AvgIpc) is 2.23. The second-order valence-corrected chi connectivity index (χ2v) is 6.90. The van der Waals surface area contributed by atoms with Gasteiger partial charge in [0.25, 0.3) is 0 Å². The van der Waals surface area contributed by atoms with Gasteiger partial charge in [-0.1, -0.05) is 40.5 Å². The number of nitrogens with one attached hydrogen (secondary N) is 1. The van der Waals surface area contributed by atoms with Crippen LogP contribution in [0.1, 0.15) is 47.0 Å². The zero-order chi connectivity index (χ0) is 14.3. The molecule has 5 nitrogen and oxygen atoms in total. The highest BCUT2D eigenvalue weighted by Crippen LogP contribution is 2.12. The van der Waals surface area contributed by atoms with Gasteiger partial charge in [-0.3, -0.25) is 4.79 Å². The molecule has 0 amide bonds. The molecule has 0 fully saturated rings. The Hall–Kier alpha value is -0.620. The lowest BCUT2D eigenvalue weighted by molar-refractivity contribution is -0.139. The van der Waals surface area contributed by atoms with Gasteiger partial charge in [-0.2, -0.15) is 0 Å². The molecule has 0 rings (SSSR count). The average molecular weight is 279 g/mol.